The van der Waals surface area contributed by atoms with Gasteiger partial charge in [0.15, 0.2) is 0 Å². The van der Waals surface area contributed by atoms with Gasteiger partial charge in [-0.3, -0.25) is 19.2 Å². The van der Waals surface area contributed by atoms with E-state index < -0.39 is 60.2 Å². The van der Waals surface area contributed by atoms with Crippen molar-refractivity contribution in [2.75, 3.05) is 18.6 Å². The van der Waals surface area contributed by atoms with Crippen molar-refractivity contribution < 1.29 is 39.3 Å². The van der Waals surface area contributed by atoms with Crippen LogP contribution in [0.1, 0.15) is 44.1 Å². The first-order valence-corrected chi connectivity index (χ1v) is 14.0. The number of carbonyl (C=O) groups excluding carboxylic acids is 3. The molecule has 0 bridgehead atoms. The highest BCUT2D eigenvalue weighted by atomic mass is 32.2. The lowest BCUT2D eigenvalue weighted by atomic mass is 10.0. The Hall–Kier alpha value is -3.36. The summed E-state index contributed by atoms with van der Waals surface area (Å²) in [7, 11) is 0. The second-order valence-electron chi connectivity index (χ2n) is 9.00. The van der Waals surface area contributed by atoms with Gasteiger partial charge in [-0.1, -0.05) is 12.1 Å². The molecular formula is C25H39N5O8S. The minimum absolute atomic E-state index is 0.0474. The van der Waals surface area contributed by atoms with E-state index in [1.165, 1.54) is 23.9 Å². The summed E-state index contributed by atoms with van der Waals surface area (Å²) in [6.45, 7) is 0.351. The highest BCUT2D eigenvalue weighted by Gasteiger charge is 2.30. The molecule has 14 heteroatoms. The maximum atomic E-state index is 13.1. The van der Waals surface area contributed by atoms with Gasteiger partial charge in [-0.15, -0.1) is 0 Å². The molecule has 0 aliphatic rings. The maximum Gasteiger partial charge on any atom is 0.326 e. The van der Waals surface area contributed by atoms with Gasteiger partial charge in [0.2, 0.25) is 17.7 Å². The van der Waals surface area contributed by atoms with Crippen LogP contribution < -0.4 is 27.4 Å². The largest absolute Gasteiger partial charge is 0.508 e. The second kappa shape index (κ2) is 18.0. The van der Waals surface area contributed by atoms with Crippen LogP contribution >= 0.6 is 11.8 Å². The molecule has 4 atom stereocenters. The predicted octanol–water partition coefficient (Wildman–Crippen LogP) is -0.452. The smallest absolute Gasteiger partial charge is 0.326 e. The Labute approximate surface area is 231 Å². The van der Waals surface area contributed by atoms with Gasteiger partial charge in [-0.05, 0) is 74.8 Å². The van der Waals surface area contributed by atoms with Gasteiger partial charge >= 0.3 is 11.9 Å². The first-order valence-electron chi connectivity index (χ1n) is 12.6. The summed E-state index contributed by atoms with van der Waals surface area (Å²) >= 11 is 1.42. The van der Waals surface area contributed by atoms with Crippen molar-refractivity contribution in [3.8, 4) is 5.75 Å². The molecule has 10 N–H and O–H groups in total. The molecular weight excluding hydrogens is 530 g/mol. The fourth-order valence-corrected chi connectivity index (χ4v) is 4.06. The summed E-state index contributed by atoms with van der Waals surface area (Å²) in [6.07, 6.45) is 2.55. The maximum absolute atomic E-state index is 13.1. The molecule has 13 nitrogen and oxygen atoms in total. The molecule has 218 valence electrons. The average molecular weight is 570 g/mol. The number of carboxylic acids is 2. The Morgan fingerprint density at radius 3 is 1.95 bits per heavy atom. The summed E-state index contributed by atoms with van der Waals surface area (Å²) in [4.78, 5) is 61.6. The topological polar surface area (TPSA) is 234 Å². The summed E-state index contributed by atoms with van der Waals surface area (Å²) in [5, 5.41) is 35.4. The van der Waals surface area contributed by atoms with Crippen molar-refractivity contribution >= 4 is 41.4 Å². The summed E-state index contributed by atoms with van der Waals surface area (Å²) in [5.41, 5.74) is 12.2. The number of phenolic OH excluding ortho intramolecular Hbond substituents is 1. The van der Waals surface area contributed by atoms with E-state index in [0.29, 0.717) is 30.7 Å². The number of rotatable bonds is 19. The van der Waals surface area contributed by atoms with E-state index >= 15 is 0 Å². The van der Waals surface area contributed by atoms with E-state index in [1.807, 2.05) is 0 Å². The zero-order chi connectivity index (χ0) is 29.4. The minimum Gasteiger partial charge on any atom is -0.508 e. The molecule has 0 radical (unpaired) electrons. The third-order valence-electron chi connectivity index (χ3n) is 5.81. The molecule has 4 unspecified atom stereocenters. The molecule has 1 rings (SSSR count). The molecule has 0 fully saturated rings. The Morgan fingerprint density at radius 1 is 0.846 bits per heavy atom. The number of phenols is 1. The van der Waals surface area contributed by atoms with E-state index in [2.05, 4.69) is 16.0 Å². The normalized spacial score (nSPS) is 13.9. The van der Waals surface area contributed by atoms with Crippen molar-refractivity contribution in [3.63, 3.8) is 0 Å². The third-order valence-corrected chi connectivity index (χ3v) is 6.46. The van der Waals surface area contributed by atoms with Crippen LogP contribution in [0.25, 0.3) is 0 Å². The lowest BCUT2D eigenvalue weighted by Gasteiger charge is -2.25. The minimum atomic E-state index is -1.31. The predicted molar refractivity (Wildman–Crippen MR) is 146 cm³/mol. The zero-order valence-corrected chi connectivity index (χ0v) is 22.7. The van der Waals surface area contributed by atoms with Crippen LogP contribution in [0.5, 0.6) is 5.75 Å². The van der Waals surface area contributed by atoms with E-state index in [-0.39, 0.29) is 31.4 Å². The van der Waals surface area contributed by atoms with Crippen molar-refractivity contribution in [1.29, 1.82) is 0 Å². The number of aliphatic carboxylic acids is 2. The van der Waals surface area contributed by atoms with Crippen LogP contribution in [0.3, 0.4) is 0 Å². The van der Waals surface area contributed by atoms with Gasteiger partial charge in [0, 0.05) is 6.42 Å². The zero-order valence-electron chi connectivity index (χ0n) is 21.9. The fraction of sp³-hybridized carbons (Fsp3) is 0.560. The summed E-state index contributed by atoms with van der Waals surface area (Å²) in [5.74, 6) is -4.07. The van der Waals surface area contributed by atoms with Gasteiger partial charge in [0.25, 0.3) is 0 Å². The van der Waals surface area contributed by atoms with E-state index in [1.54, 1.807) is 18.4 Å². The number of hydrogen-bond acceptors (Lipinski definition) is 9. The first-order chi connectivity index (χ1) is 18.5. The Balaban J connectivity index is 2.99. The third kappa shape index (κ3) is 13.3. The number of nitrogens with one attached hydrogen (secondary N) is 3. The lowest BCUT2D eigenvalue weighted by Crippen LogP contribution is -2.57. The Bertz CT molecular complexity index is 962. The van der Waals surface area contributed by atoms with Crippen LogP contribution in [-0.4, -0.2) is 87.7 Å². The van der Waals surface area contributed by atoms with Crippen LogP contribution in [0.15, 0.2) is 24.3 Å². The monoisotopic (exact) mass is 569 g/mol. The fourth-order valence-electron chi connectivity index (χ4n) is 3.59. The average Bonchev–Trinajstić information content (AvgIpc) is 2.88. The molecule has 1 aromatic carbocycles. The van der Waals surface area contributed by atoms with Gasteiger partial charge in [0.1, 0.15) is 23.9 Å². The number of amides is 3. The van der Waals surface area contributed by atoms with E-state index in [0.717, 1.165) is 0 Å². The van der Waals surface area contributed by atoms with Gasteiger partial charge in [-0.25, -0.2) is 4.79 Å². The second-order valence-corrected chi connectivity index (χ2v) is 9.98. The molecule has 0 saturated carbocycles. The number of carbonyl (C=O) groups is 5. The van der Waals surface area contributed by atoms with Crippen molar-refractivity contribution in [2.45, 2.75) is 69.1 Å². The number of thioether (sulfide) groups is 1. The summed E-state index contributed by atoms with van der Waals surface area (Å²) < 4.78 is 0. The van der Waals surface area contributed by atoms with Crippen LogP contribution in [-0.2, 0) is 30.4 Å². The molecule has 0 aromatic heterocycles. The van der Waals surface area contributed by atoms with Crippen molar-refractivity contribution in [3.05, 3.63) is 29.8 Å². The molecule has 1 aromatic rings. The summed E-state index contributed by atoms with van der Waals surface area (Å²) in [6, 6.07) is 1.39. The van der Waals surface area contributed by atoms with E-state index in [4.69, 9.17) is 16.6 Å². The standard InChI is InChI=1S/C25H39N5O8S/c1-39-13-11-20(25(37)38)30-23(35)18(4-2-3-12-26)29-24(36)19(9-10-21(32)33)28-22(34)17(27)14-15-5-7-16(31)8-6-15/h5-8,17-20,31H,2-4,9-14,26-27H2,1H3,(H,28,34)(H,29,36)(H,30,35)(H,32,33)(H,37,38). The molecule has 0 spiro atoms. The number of hydrogen-bond donors (Lipinski definition) is 8. The molecule has 0 aliphatic heterocycles. The van der Waals surface area contributed by atoms with Crippen molar-refractivity contribution in [1.82, 2.24) is 16.0 Å². The Morgan fingerprint density at radius 2 is 1.41 bits per heavy atom. The molecule has 39 heavy (non-hydrogen) atoms. The number of carboxylic acid groups (broad SMARTS) is 2. The van der Waals surface area contributed by atoms with Crippen molar-refractivity contribution in [2.24, 2.45) is 11.5 Å². The number of unbranched alkanes of at least 4 members (excludes halogenated alkanes) is 1. The lowest BCUT2D eigenvalue weighted by molar-refractivity contribution is -0.142. The number of nitrogens with two attached hydrogens (primary N) is 2. The SMILES string of the molecule is CSCCC(NC(=O)C(CCCCN)NC(=O)C(CCC(=O)O)NC(=O)C(N)Cc1ccc(O)cc1)C(=O)O. The number of aromatic hydroxyl groups is 1. The van der Waals surface area contributed by atoms with E-state index in [9.17, 15) is 34.2 Å². The number of benzene rings is 1. The van der Waals surface area contributed by atoms with Gasteiger partial charge < -0.3 is 42.7 Å². The van der Waals surface area contributed by atoms with Crippen LogP contribution in [0.4, 0.5) is 0 Å². The highest BCUT2D eigenvalue weighted by Crippen LogP contribution is 2.12. The van der Waals surface area contributed by atoms with Crippen LogP contribution in [0.2, 0.25) is 0 Å². The quantitative estimate of drug-likeness (QED) is 0.0993. The molecule has 0 saturated heterocycles. The van der Waals surface area contributed by atoms with Gasteiger partial charge in [0.05, 0.1) is 6.04 Å². The Kier molecular flexibility index (Phi) is 15.6. The van der Waals surface area contributed by atoms with Gasteiger partial charge in [-0.2, -0.15) is 11.8 Å². The first kappa shape index (κ1) is 33.7. The molecule has 3 amide bonds. The highest BCUT2D eigenvalue weighted by molar-refractivity contribution is 7.98. The molecule has 0 aliphatic carbocycles. The molecule has 0 heterocycles. The van der Waals surface area contributed by atoms with Crippen LogP contribution in [0, 0.1) is 0 Å².